The number of nitrogens with one attached hydrogen (secondary N) is 1. The maximum Gasteiger partial charge on any atom is 0.230 e. The highest BCUT2D eigenvalue weighted by Gasteiger charge is 2.19. The third-order valence-corrected chi connectivity index (χ3v) is 6.70. The number of thiazole rings is 1. The van der Waals surface area contributed by atoms with Crippen LogP contribution in [0.4, 0.5) is 5.69 Å². The fourth-order valence-electron chi connectivity index (χ4n) is 3.24. The molecule has 8 heteroatoms. The lowest BCUT2D eigenvalue weighted by Gasteiger charge is -2.21. The van der Waals surface area contributed by atoms with Crippen molar-refractivity contribution in [1.82, 2.24) is 9.97 Å². The average molecular weight is 462 g/mol. The van der Waals surface area contributed by atoms with Crippen LogP contribution < -0.4 is 14.8 Å². The van der Waals surface area contributed by atoms with Gasteiger partial charge >= 0.3 is 0 Å². The number of amides is 1. The number of aromatic nitrogens is 2. The van der Waals surface area contributed by atoms with Gasteiger partial charge < -0.3 is 14.8 Å². The Morgan fingerprint density at radius 3 is 2.66 bits per heavy atom. The lowest BCUT2D eigenvalue weighted by atomic mass is 10.2. The topological polar surface area (TPSA) is 73.3 Å². The Balaban J connectivity index is 1.35. The second-order valence-corrected chi connectivity index (χ2v) is 8.99. The van der Waals surface area contributed by atoms with Crippen molar-refractivity contribution >= 4 is 34.7 Å². The van der Waals surface area contributed by atoms with E-state index in [9.17, 15) is 4.79 Å². The minimum Gasteiger partial charge on any atom is -0.486 e. The summed E-state index contributed by atoms with van der Waals surface area (Å²) in [6, 6.07) is 17.6. The molecule has 0 spiro atoms. The first-order chi connectivity index (χ1) is 15.7. The highest BCUT2D eigenvalue weighted by Crippen LogP contribution is 2.42. The van der Waals surface area contributed by atoms with Crippen molar-refractivity contribution in [3.63, 3.8) is 0 Å². The predicted molar refractivity (Wildman–Crippen MR) is 126 cm³/mol. The van der Waals surface area contributed by atoms with Crippen LogP contribution in [0.15, 0.2) is 82.2 Å². The van der Waals surface area contributed by atoms with Gasteiger partial charge in [0.2, 0.25) is 5.91 Å². The van der Waals surface area contributed by atoms with Crippen LogP contribution in [-0.2, 0) is 11.2 Å². The molecule has 0 unspecified atom stereocenters. The summed E-state index contributed by atoms with van der Waals surface area (Å²) in [5.41, 5.74) is 2.36. The smallest absolute Gasteiger partial charge is 0.230 e. The molecule has 4 aromatic rings. The minimum absolute atomic E-state index is 0.139. The fourth-order valence-corrected chi connectivity index (χ4v) is 4.98. The molecule has 0 saturated carbocycles. The molecule has 0 fully saturated rings. The molecule has 1 N–H and O–H groups in total. The van der Waals surface area contributed by atoms with Crippen molar-refractivity contribution in [2.24, 2.45) is 0 Å². The number of hydrogen-bond donors (Lipinski definition) is 1. The number of carbonyl (C=O) groups excluding carboxylic acids is 1. The number of pyridine rings is 1. The van der Waals surface area contributed by atoms with Gasteiger partial charge in [-0.3, -0.25) is 9.78 Å². The molecule has 3 heterocycles. The molecule has 32 heavy (non-hydrogen) atoms. The average Bonchev–Trinajstić information content (AvgIpc) is 3.29. The van der Waals surface area contributed by atoms with Crippen molar-refractivity contribution in [3.8, 4) is 22.1 Å². The van der Waals surface area contributed by atoms with E-state index < -0.39 is 0 Å². The van der Waals surface area contributed by atoms with Crippen LogP contribution in [0.1, 0.15) is 5.69 Å². The number of anilines is 1. The number of benzene rings is 2. The summed E-state index contributed by atoms with van der Waals surface area (Å²) >= 11 is 3.07. The summed E-state index contributed by atoms with van der Waals surface area (Å²) in [5.74, 6) is 1.18. The Kier molecular flexibility index (Phi) is 6.04. The van der Waals surface area contributed by atoms with E-state index in [1.54, 1.807) is 24.2 Å². The van der Waals surface area contributed by atoms with Gasteiger partial charge in [0.25, 0.3) is 0 Å². The maximum absolute atomic E-state index is 12.9. The first kappa shape index (κ1) is 20.5. The van der Waals surface area contributed by atoms with Gasteiger partial charge in [-0.05, 0) is 24.3 Å². The normalized spacial score (nSPS) is 12.4. The van der Waals surface area contributed by atoms with Crippen molar-refractivity contribution in [2.75, 3.05) is 18.5 Å². The summed E-state index contributed by atoms with van der Waals surface area (Å²) in [7, 11) is 0. The van der Waals surface area contributed by atoms with Crippen molar-refractivity contribution in [1.29, 1.82) is 0 Å². The van der Waals surface area contributed by atoms with E-state index in [2.05, 4.69) is 15.3 Å². The second-order valence-electron chi connectivity index (χ2n) is 7.02. The van der Waals surface area contributed by atoms with E-state index in [1.165, 1.54) is 11.3 Å². The van der Waals surface area contributed by atoms with E-state index in [1.807, 2.05) is 60.0 Å². The Morgan fingerprint density at radius 1 is 1.06 bits per heavy atom. The second kappa shape index (κ2) is 9.42. The van der Waals surface area contributed by atoms with Crippen LogP contribution in [0.5, 0.6) is 11.5 Å². The number of ether oxygens (including phenoxy) is 2. The maximum atomic E-state index is 12.9. The van der Waals surface area contributed by atoms with E-state index in [0.29, 0.717) is 30.4 Å². The van der Waals surface area contributed by atoms with Gasteiger partial charge in [0.1, 0.15) is 18.2 Å². The third-order valence-electron chi connectivity index (χ3n) is 4.69. The molecule has 0 aliphatic carbocycles. The van der Waals surface area contributed by atoms with Crippen LogP contribution in [0.3, 0.4) is 0 Å². The van der Waals surface area contributed by atoms with Gasteiger partial charge in [-0.2, -0.15) is 0 Å². The largest absolute Gasteiger partial charge is 0.486 e. The third kappa shape index (κ3) is 4.76. The first-order valence-corrected chi connectivity index (χ1v) is 11.8. The van der Waals surface area contributed by atoms with E-state index in [0.717, 1.165) is 26.1 Å². The van der Waals surface area contributed by atoms with Gasteiger partial charge in [-0.25, -0.2) is 4.98 Å². The van der Waals surface area contributed by atoms with Crippen LogP contribution in [0.25, 0.3) is 10.6 Å². The van der Waals surface area contributed by atoms with Crippen LogP contribution in [0, 0.1) is 0 Å². The number of rotatable bonds is 6. The number of nitrogens with zero attached hydrogens (tertiary/aromatic N) is 2. The molecule has 0 bridgehead atoms. The molecule has 1 aliphatic rings. The van der Waals surface area contributed by atoms with Gasteiger partial charge in [0.05, 0.1) is 17.8 Å². The number of fused-ring (bicyclic) bond motifs is 1. The van der Waals surface area contributed by atoms with Crippen molar-refractivity contribution < 1.29 is 14.3 Å². The zero-order valence-electron chi connectivity index (χ0n) is 17.0. The predicted octanol–water partition coefficient (Wildman–Crippen LogP) is 5.31. The summed E-state index contributed by atoms with van der Waals surface area (Å²) < 4.78 is 11.5. The van der Waals surface area contributed by atoms with Crippen molar-refractivity contribution in [3.05, 3.63) is 78.1 Å². The monoisotopic (exact) mass is 461 g/mol. The lowest BCUT2D eigenvalue weighted by Crippen LogP contribution is -2.18. The van der Waals surface area contributed by atoms with Gasteiger partial charge in [-0.15, -0.1) is 11.3 Å². The zero-order chi connectivity index (χ0) is 21.8. The Morgan fingerprint density at radius 2 is 1.88 bits per heavy atom. The standard InChI is InChI=1S/C24H19N3O3S2/c28-23(11-17-15-31-24(26-17)16-5-4-8-25-14-16)27-19-12-20-21(30-10-9-29-20)13-22(19)32-18-6-2-1-3-7-18/h1-8,12-15H,9-11H2,(H,27,28). The molecular formula is C24H19N3O3S2. The summed E-state index contributed by atoms with van der Waals surface area (Å²) in [4.78, 5) is 23.5. The van der Waals surface area contributed by atoms with Crippen LogP contribution in [-0.4, -0.2) is 29.1 Å². The Bertz CT molecular complexity index is 1230. The SMILES string of the molecule is O=C(Cc1csc(-c2cccnc2)n1)Nc1cc2c(cc1Sc1ccccc1)OCCO2. The Hall–Kier alpha value is -3.36. The molecule has 160 valence electrons. The molecule has 6 nitrogen and oxygen atoms in total. The zero-order valence-corrected chi connectivity index (χ0v) is 18.6. The number of hydrogen-bond acceptors (Lipinski definition) is 7. The molecular weight excluding hydrogens is 442 g/mol. The Labute approximate surface area is 193 Å². The molecule has 1 amide bonds. The molecule has 2 aromatic carbocycles. The molecule has 0 radical (unpaired) electrons. The first-order valence-electron chi connectivity index (χ1n) is 10.1. The lowest BCUT2D eigenvalue weighted by molar-refractivity contribution is -0.115. The molecule has 1 aliphatic heterocycles. The van der Waals surface area contributed by atoms with Gasteiger partial charge in [-0.1, -0.05) is 30.0 Å². The quantitative estimate of drug-likeness (QED) is 0.420. The van der Waals surface area contributed by atoms with Gasteiger partial charge in [0.15, 0.2) is 11.5 Å². The van der Waals surface area contributed by atoms with Crippen molar-refractivity contribution in [2.45, 2.75) is 16.2 Å². The molecule has 0 saturated heterocycles. The highest BCUT2D eigenvalue weighted by molar-refractivity contribution is 7.99. The summed E-state index contributed by atoms with van der Waals surface area (Å²) in [5, 5.41) is 5.79. The van der Waals surface area contributed by atoms with E-state index in [-0.39, 0.29) is 12.3 Å². The summed E-state index contributed by atoms with van der Waals surface area (Å²) in [6.45, 7) is 0.999. The van der Waals surface area contributed by atoms with Crippen LogP contribution in [0.2, 0.25) is 0 Å². The van der Waals surface area contributed by atoms with E-state index in [4.69, 9.17) is 9.47 Å². The van der Waals surface area contributed by atoms with Gasteiger partial charge in [0, 0.05) is 45.3 Å². The molecule has 0 atom stereocenters. The molecule has 5 rings (SSSR count). The minimum atomic E-state index is -0.139. The molecule has 2 aromatic heterocycles. The summed E-state index contributed by atoms with van der Waals surface area (Å²) in [6.07, 6.45) is 3.68. The number of carbonyl (C=O) groups is 1. The van der Waals surface area contributed by atoms with E-state index >= 15 is 0 Å². The van der Waals surface area contributed by atoms with Crippen LogP contribution >= 0.6 is 23.1 Å². The highest BCUT2D eigenvalue weighted by atomic mass is 32.2. The fraction of sp³-hybridized carbons (Fsp3) is 0.125.